The zero-order valence-corrected chi connectivity index (χ0v) is 31.2. The topological polar surface area (TPSA) is 194 Å². The van der Waals surface area contributed by atoms with Crippen LogP contribution in [0.4, 0.5) is 16.3 Å². The van der Waals surface area contributed by atoms with E-state index in [1.807, 2.05) is 54.6 Å². The van der Waals surface area contributed by atoms with Crippen LogP contribution in [0.5, 0.6) is 5.75 Å². The molecule has 12 nitrogen and oxygen atoms in total. The molecule has 0 bridgehead atoms. The van der Waals surface area contributed by atoms with Crippen molar-refractivity contribution >= 4 is 59.2 Å². The van der Waals surface area contributed by atoms with Crippen molar-refractivity contribution < 1.29 is 24.9 Å². The van der Waals surface area contributed by atoms with Gasteiger partial charge in [0.15, 0.2) is 0 Å². The van der Waals surface area contributed by atoms with Crippen molar-refractivity contribution in [1.29, 1.82) is 0 Å². The molecular formula is C40H46Cl2N6O6. The van der Waals surface area contributed by atoms with Crippen LogP contribution in [0.25, 0.3) is 22.0 Å². The average molecular weight is 778 g/mol. The maximum atomic E-state index is 12.8. The molecule has 3 aromatic carbocycles. The highest BCUT2D eigenvalue weighted by Crippen LogP contribution is 2.36. The van der Waals surface area contributed by atoms with Crippen LogP contribution in [0.2, 0.25) is 0 Å². The van der Waals surface area contributed by atoms with Gasteiger partial charge in [0.05, 0.1) is 17.3 Å². The lowest BCUT2D eigenvalue weighted by molar-refractivity contribution is -0.116. The van der Waals surface area contributed by atoms with Gasteiger partial charge in [0.25, 0.3) is 0 Å². The minimum atomic E-state index is -0.983. The summed E-state index contributed by atoms with van der Waals surface area (Å²) in [5.41, 5.74) is 10.9. The second kappa shape index (κ2) is 19.4. The first-order valence-corrected chi connectivity index (χ1v) is 17.6. The van der Waals surface area contributed by atoms with Crippen LogP contribution in [-0.4, -0.2) is 55.9 Å². The standard InChI is InChI=1S/C40H44N6O6.2ClH/c41-28-11-13-29(14-12-28)46(40(51)52)33-21-25(9-15-30(33)27-6-2-1-3-7-27)5-4-8-37(49)44-36-19-10-26(23-43-36)22-42-24-35(48)31-16-18-34(47)39-32(31)17-20-38(50)45-39;;/h1-3,6-7,9-10,15-21,23,28-29,35,42,47-48H,4-5,8,11-14,22,24,41H2,(H,45,50)(H,51,52)(H,43,44,49);2*1H/t28-,29-,35-;;/m0../s1. The number of aliphatic hydroxyl groups excluding tert-OH is 1. The van der Waals surface area contributed by atoms with Crippen molar-refractivity contribution in [2.24, 2.45) is 5.73 Å². The van der Waals surface area contributed by atoms with E-state index in [9.17, 15) is 29.7 Å². The van der Waals surface area contributed by atoms with E-state index in [0.717, 1.165) is 35.1 Å². The lowest BCUT2D eigenvalue weighted by atomic mass is 9.89. The number of halogens is 2. The summed E-state index contributed by atoms with van der Waals surface area (Å²) >= 11 is 0. The molecule has 2 aromatic heterocycles. The number of amides is 2. The van der Waals surface area contributed by atoms with Crippen molar-refractivity contribution in [1.82, 2.24) is 15.3 Å². The molecule has 286 valence electrons. The third kappa shape index (κ3) is 10.4. The maximum absolute atomic E-state index is 12.8. The number of aromatic nitrogens is 2. The van der Waals surface area contributed by atoms with E-state index in [2.05, 4.69) is 20.6 Å². The SMILES string of the molecule is Cl.Cl.N[C@H]1CC[C@H](N(C(=O)O)c2cc(CCCC(=O)Nc3ccc(CNC[C@H](O)c4ccc(O)c5[nH]c(=O)ccc45)cn3)ccc2-c2ccccc2)CC1. The number of carbonyl (C=O) groups excluding carboxylic acids is 1. The second-order valence-corrected chi connectivity index (χ2v) is 13.3. The molecule has 2 amide bonds. The Morgan fingerprint density at radius 2 is 1.69 bits per heavy atom. The minimum absolute atomic E-state index is 0. The third-order valence-corrected chi connectivity index (χ3v) is 9.61. The number of carboxylic acid groups (broad SMARTS) is 1. The van der Waals surface area contributed by atoms with Crippen LogP contribution in [0, 0.1) is 0 Å². The first-order valence-electron chi connectivity index (χ1n) is 17.6. The Morgan fingerprint density at radius 3 is 2.39 bits per heavy atom. The summed E-state index contributed by atoms with van der Waals surface area (Å²) in [6.45, 7) is 0.640. The number of H-pyrrole nitrogens is 1. The zero-order chi connectivity index (χ0) is 36.6. The van der Waals surface area contributed by atoms with Gasteiger partial charge in [0.1, 0.15) is 11.6 Å². The van der Waals surface area contributed by atoms with Crippen molar-refractivity contribution in [2.45, 2.75) is 69.7 Å². The van der Waals surface area contributed by atoms with Crippen LogP contribution >= 0.6 is 24.8 Å². The zero-order valence-electron chi connectivity index (χ0n) is 29.6. The number of rotatable bonds is 13. The first-order chi connectivity index (χ1) is 25.2. The number of benzene rings is 3. The number of carbonyl (C=O) groups is 2. The smallest absolute Gasteiger partial charge is 0.412 e. The van der Waals surface area contributed by atoms with Crippen LogP contribution < -0.4 is 26.8 Å². The van der Waals surface area contributed by atoms with Gasteiger partial charge in [-0.05, 0) is 85.0 Å². The number of aliphatic hydroxyl groups is 1. The van der Waals surface area contributed by atoms with E-state index in [0.29, 0.717) is 54.7 Å². The minimum Gasteiger partial charge on any atom is -0.506 e. The predicted molar refractivity (Wildman–Crippen MR) is 216 cm³/mol. The van der Waals surface area contributed by atoms with Gasteiger partial charge in [0.2, 0.25) is 11.5 Å². The van der Waals surface area contributed by atoms with Crippen molar-refractivity contribution in [3.05, 3.63) is 118 Å². The Kier molecular flexibility index (Phi) is 15.0. The molecule has 6 rings (SSSR count). The molecule has 0 unspecified atom stereocenters. The molecule has 1 atom stereocenters. The number of aromatic hydroxyl groups is 1. The Balaban J connectivity index is 0.00000325. The lowest BCUT2D eigenvalue weighted by Crippen LogP contribution is -2.44. The number of nitrogens with zero attached hydrogens (tertiary/aromatic N) is 2. The Bertz CT molecular complexity index is 2070. The number of phenolic OH excluding ortho intramolecular Hbond substituents is 1. The van der Waals surface area contributed by atoms with E-state index in [-0.39, 0.29) is 72.6 Å². The van der Waals surface area contributed by atoms with Gasteiger partial charge in [-0.3, -0.25) is 14.5 Å². The third-order valence-electron chi connectivity index (χ3n) is 9.61. The Morgan fingerprint density at radius 1 is 0.944 bits per heavy atom. The van der Waals surface area contributed by atoms with Gasteiger partial charge >= 0.3 is 6.09 Å². The summed E-state index contributed by atoms with van der Waals surface area (Å²) in [5.74, 6) is 0.191. The molecule has 0 saturated heterocycles. The summed E-state index contributed by atoms with van der Waals surface area (Å²) in [6, 6.07) is 25.2. The summed E-state index contributed by atoms with van der Waals surface area (Å²) < 4.78 is 0. The summed E-state index contributed by atoms with van der Waals surface area (Å²) in [6.07, 6.45) is 4.21. The summed E-state index contributed by atoms with van der Waals surface area (Å²) in [5, 5.41) is 37.9. The number of aromatic amines is 1. The van der Waals surface area contributed by atoms with E-state index in [1.165, 1.54) is 17.0 Å². The molecule has 1 fully saturated rings. The molecule has 14 heteroatoms. The second-order valence-electron chi connectivity index (χ2n) is 13.3. The van der Waals surface area contributed by atoms with Crippen molar-refractivity contribution in [3.63, 3.8) is 0 Å². The molecule has 54 heavy (non-hydrogen) atoms. The Hall–Kier alpha value is -4.98. The predicted octanol–water partition coefficient (Wildman–Crippen LogP) is 6.68. The van der Waals surface area contributed by atoms with Gasteiger partial charge < -0.3 is 36.7 Å². The normalized spacial score (nSPS) is 15.7. The van der Waals surface area contributed by atoms with Crippen molar-refractivity contribution in [2.75, 3.05) is 16.8 Å². The highest BCUT2D eigenvalue weighted by Gasteiger charge is 2.30. The fraction of sp³-hybridized carbons (Fsp3) is 0.300. The molecule has 0 aliphatic heterocycles. The van der Waals surface area contributed by atoms with Crippen LogP contribution in [-0.2, 0) is 17.8 Å². The number of hydrogen-bond acceptors (Lipinski definition) is 8. The fourth-order valence-electron chi connectivity index (χ4n) is 6.88. The number of hydrogen-bond donors (Lipinski definition) is 7. The molecular weight excluding hydrogens is 731 g/mol. The number of phenols is 1. The van der Waals surface area contributed by atoms with Crippen LogP contribution in [0.3, 0.4) is 0 Å². The van der Waals surface area contributed by atoms with E-state index < -0.39 is 12.2 Å². The molecule has 0 radical (unpaired) electrons. The average Bonchev–Trinajstić information content (AvgIpc) is 3.14. The van der Waals surface area contributed by atoms with E-state index in [4.69, 9.17) is 5.73 Å². The van der Waals surface area contributed by atoms with Gasteiger partial charge in [-0.25, -0.2) is 9.78 Å². The number of nitrogens with two attached hydrogens (primary N) is 1. The van der Waals surface area contributed by atoms with Gasteiger partial charge in [-0.2, -0.15) is 0 Å². The first kappa shape index (κ1) is 41.8. The molecule has 1 saturated carbocycles. The van der Waals surface area contributed by atoms with Gasteiger partial charge in [0, 0.05) is 54.8 Å². The van der Waals surface area contributed by atoms with E-state index >= 15 is 0 Å². The van der Waals surface area contributed by atoms with Gasteiger partial charge in [-0.15, -0.1) is 24.8 Å². The molecule has 0 spiro atoms. The van der Waals surface area contributed by atoms with E-state index in [1.54, 1.807) is 24.4 Å². The Labute approximate surface area is 325 Å². The van der Waals surface area contributed by atoms with Gasteiger partial charge in [-0.1, -0.05) is 54.6 Å². The number of fused-ring (bicyclic) bond motifs is 1. The van der Waals surface area contributed by atoms with Crippen LogP contribution in [0.15, 0.2) is 95.9 Å². The maximum Gasteiger partial charge on any atom is 0.412 e. The monoisotopic (exact) mass is 776 g/mol. The number of nitrogens with one attached hydrogen (secondary N) is 3. The number of anilines is 2. The number of aryl methyl sites for hydroxylation is 1. The summed E-state index contributed by atoms with van der Waals surface area (Å²) in [4.78, 5) is 45.7. The highest BCUT2D eigenvalue weighted by molar-refractivity contribution is 5.94. The highest BCUT2D eigenvalue weighted by atomic mass is 35.5. The molecule has 1 aliphatic rings. The quantitative estimate of drug-likeness (QED) is 0.0683. The number of pyridine rings is 2. The van der Waals surface area contributed by atoms with Crippen LogP contribution in [0.1, 0.15) is 61.3 Å². The summed E-state index contributed by atoms with van der Waals surface area (Å²) in [7, 11) is 0. The fourth-order valence-corrected chi connectivity index (χ4v) is 6.88. The molecule has 2 heterocycles. The largest absolute Gasteiger partial charge is 0.506 e. The molecule has 8 N–H and O–H groups in total. The molecule has 5 aromatic rings. The lowest BCUT2D eigenvalue weighted by Gasteiger charge is -2.35. The molecule has 1 aliphatic carbocycles. The van der Waals surface area contributed by atoms with Crippen molar-refractivity contribution in [3.8, 4) is 16.9 Å².